The van der Waals surface area contributed by atoms with Gasteiger partial charge in [0.1, 0.15) is 0 Å². The predicted octanol–water partition coefficient (Wildman–Crippen LogP) is 5.82. The highest BCUT2D eigenvalue weighted by Gasteiger charge is 1.80. The average Bonchev–Trinajstić information content (AvgIpc) is 2.31. The van der Waals surface area contributed by atoms with Crippen LogP contribution in [0, 0.1) is 0 Å². The first kappa shape index (κ1) is 15.2. The number of hydrogen-bond acceptors (Lipinski definition) is 0. The van der Waals surface area contributed by atoms with Gasteiger partial charge < -0.3 is 0 Å². The summed E-state index contributed by atoms with van der Waals surface area (Å²) in [4.78, 5) is 0. The molecule has 0 radical (unpaired) electrons. The minimum atomic E-state index is 1.22. The molecule has 0 aromatic carbocycles. The van der Waals surface area contributed by atoms with Crippen LogP contribution >= 0.6 is 0 Å². The van der Waals surface area contributed by atoms with E-state index in [-0.39, 0.29) is 0 Å². The maximum Gasteiger partial charge on any atom is -0.0348 e. The lowest BCUT2D eigenvalue weighted by molar-refractivity contribution is 0.729. The molecule has 0 aliphatic heterocycles. The van der Waals surface area contributed by atoms with Crippen molar-refractivity contribution in [1.82, 2.24) is 0 Å². The van der Waals surface area contributed by atoms with E-state index in [0.29, 0.717) is 0 Å². The normalized spacial score (nSPS) is 12.4. The Kier molecular flexibility index (Phi) is 13.5. The zero-order chi connectivity index (χ0) is 11.9. The quantitative estimate of drug-likeness (QED) is 0.321. The molecule has 0 aromatic rings. The Morgan fingerprint density at radius 1 is 0.562 bits per heavy atom. The molecule has 0 bridgehead atoms. The molecule has 0 atom stereocenters. The van der Waals surface area contributed by atoms with Crippen molar-refractivity contribution in [2.45, 2.75) is 65.2 Å². The highest BCUT2D eigenvalue weighted by molar-refractivity contribution is 5.10. The van der Waals surface area contributed by atoms with Crippen LogP contribution in [0.25, 0.3) is 0 Å². The standard InChI is InChI=1S/C16H28/c1-3-5-7-9-11-13-15-16-14-12-10-8-6-4-2/h11-16H,3-10H2,1-2H3/b13-11-,14-12-,16-15+. The fourth-order valence-electron chi connectivity index (χ4n) is 1.50. The van der Waals surface area contributed by atoms with Crippen molar-refractivity contribution >= 4 is 0 Å². The van der Waals surface area contributed by atoms with Crippen LogP contribution < -0.4 is 0 Å². The molecule has 0 nitrogen and oxygen atoms in total. The Bertz CT molecular complexity index is 174. The Labute approximate surface area is 102 Å². The molecule has 0 spiro atoms. The summed E-state index contributed by atoms with van der Waals surface area (Å²) in [6.07, 6.45) is 23.5. The monoisotopic (exact) mass is 220 g/mol. The van der Waals surface area contributed by atoms with Gasteiger partial charge in [-0.15, -0.1) is 0 Å². The molecule has 0 fully saturated rings. The molecule has 0 aromatic heterocycles. The van der Waals surface area contributed by atoms with Crippen LogP contribution in [-0.4, -0.2) is 0 Å². The summed E-state index contributed by atoms with van der Waals surface area (Å²) in [6.45, 7) is 4.49. The van der Waals surface area contributed by atoms with Gasteiger partial charge in [0.05, 0.1) is 0 Å². The van der Waals surface area contributed by atoms with E-state index < -0.39 is 0 Å². The largest absolute Gasteiger partial charge is 0.0845 e. The topological polar surface area (TPSA) is 0 Å². The van der Waals surface area contributed by atoms with E-state index in [2.05, 4.69) is 50.3 Å². The molecule has 0 aliphatic carbocycles. The van der Waals surface area contributed by atoms with Crippen LogP contribution in [0.15, 0.2) is 36.5 Å². The van der Waals surface area contributed by atoms with Crippen LogP contribution in [0.2, 0.25) is 0 Å². The van der Waals surface area contributed by atoms with E-state index in [1.807, 2.05) is 0 Å². The van der Waals surface area contributed by atoms with Crippen molar-refractivity contribution in [2.24, 2.45) is 0 Å². The second-order valence-electron chi connectivity index (χ2n) is 4.23. The van der Waals surface area contributed by atoms with Gasteiger partial charge in [0.15, 0.2) is 0 Å². The van der Waals surface area contributed by atoms with Gasteiger partial charge in [-0.25, -0.2) is 0 Å². The van der Waals surface area contributed by atoms with Crippen molar-refractivity contribution in [3.63, 3.8) is 0 Å². The maximum atomic E-state index is 2.26. The lowest BCUT2D eigenvalue weighted by Crippen LogP contribution is -1.70. The second-order valence-corrected chi connectivity index (χ2v) is 4.23. The second kappa shape index (κ2) is 14.2. The molecule has 0 heteroatoms. The first-order valence-corrected chi connectivity index (χ1v) is 6.90. The molecule has 0 rings (SSSR count). The van der Waals surface area contributed by atoms with Crippen molar-refractivity contribution < 1.29 is 0 Å². The molecule has 0 aliphatic rings. The van der Waals surface area contributed by atoms with Gasteiger partial charge in [-0.2, -0.15) is 0 Å². The maximum absolute atomic E-state index is 2.26. The molecular formula is C16H28. The van der Waals surface area contributed by atoms with Gasteiger partial charge >= 0.3 is 0 Å². The summed E-state index contributed by atoms with van der Waals surface area (Å²) in [7, 11) is 0. The van der Waals surface area contributed by atoms with Gasteiger partial charge in [-0.1, -0.05) is 76.0 Å². The molecule has 16 heavy (non-hydrogen) atoms. The Hall–Kier alpha value is -0.780. The van der Waals surface area contributed by atoms with Gasteiger partial charge in [-0.05, 0) is 25.7 Å². The van der Waals surface area contributed by atoms with Gasteiger partial charge in [0.25, 0.3) is 0 Å². The summed E-state index contributed by atoms with van der Waals surface area (Å²) in [5.74, 6) is 0. The lowest BCUT2D eigenvalue weighted by atomic mass is 10.2. The van der Waals surface area contributed by atoms with Gasteiger partial charge in [0, 0.05) is 0 Å². The van der Waals surface area contributed by atoms with Gasteiger partial charge in [-0.3, -0.25) is 0 Å². The van der Waals surface area contributed by atoms with Crippen molar-refractivity contribution in [3.8, 4) is 0 Å². The number of unbranched alkanes of at least 4 members (excludes halogenated alkanes) is 6. The summed E-state index contributed by atoms with van der Waals surface area (Å²) in [6, 6.07) is 0. The minimum Gasteiger partial charge on any atom is -0.0845 e. The molecule has 0 saturated carbocycles. The van der Waals surface area contributed by atoms with Crippen LogP contribution in [0.5, 0.6) is 0 Å². The zero-order valence-corrected chi connectivity index (χ0v) is 11.1. The molecule has 0 heterocycles. The van der Waals surface area contributed by atoms with E-state index in [1.165, 1.54) is 51.4 Å². The molecule has 0 saturated heterocycles. The summed E-state index contributed by atoms with van der Waals surface area (Å²) in [5.41, 5.74) is 0. The van der Waals surface area contributed by atoms with Crippen LogP contribution in [0.1, 0.15) is 65.2 Å². The van der Waals surface area contributed by atoms with Crippen LogP contribution in [-0.2, 0) is 0 Å². The third kappa shape index (κ3) is 13.2. The van der Waals surface area contributed by atoms with Crippen LogP contribution in [0.3, 0.4) is 0 Å². The molecule has 0 unspecified atom stereocenters. The smallest absolute Gasteiger partial charge is 0.0348 e. The lowest BCUT2D eigenvalue weighted by Gasteiger charge is -1.90. The fraction of sp³-hybridized carbons (Fsp3) is 0.625. The van der Waals surface area contributed by atoms with E-state index >= 15 is 0 Å². The van der Waals surface area contributed by atoms with Crippen LogP contribution in [0.4, 0.5) is 0 Å². The summed E-state index contributed by atoms with van der Waals surface area (Å²) < 4.78 is 0. The number of hydrogen-bond donors (Lipinski definition) is 0. The minimum absolute atomic E-state index is 1.22. The number of rotatable bonds is 10. The SMILES string of the molecule is CCCCC\C=C/C=C/C=C\CCCCC. The summed E-state index contributed by atoms with van der Waals surface area (Å²) in [5, 5.41) is 0. The highest BCUT2D eigenvalue weighted by atomic mass is 13.9. The molecule has 0 amide bonds. The molecular weight excluding hydrogens is 192 g/mol. The molecule has 92 valence electrons. The van der Waals surface area contributed by atoms with E-state index in [9.17, 15) is 0 Å². The fourth-order valence-corrected chi connectivity index (χ4v) is 1.50. The zero-order valence-electron chi connectivity index (χ0n) is 11.1. The predicted molar refractivity (Wildman–Crippen MR) is 75.7 cm³/mol. The average molecular weight is 220 g/mol. The third-order valence-electron chi connectivity index (χ3n) is 2.55. The Balaban J connectivity index is 3.31. The van der Waals surface area contributed by atoms with Crippen molar-refractivity contribution in [3.05, 3.63) is 36.5 Å². The van der Waals surface area contributed by atoms with E-state index in [4.69, 9.17) is 0 Å². The third-order valence-corrected chi connectivity index (χ3v) is 2.55. The first-order chi connectivity index (χ1) is 7.91. The Morgan fingerprint density at radius 3 is 1.38 bits per heavy atom. The van der Waals surface area contributed by atoms with Crippen molar-refractivity contribution in [1.29, 1.82) is 0 Å². The van der Waals surface area contributed by atoms with E-state index in [1.54, 1.807) is 0 Å². The summed E-state index contributed by atoms with van der Waals surface area (Å²) >= 11 is 0. The molecule has 0 N–H and O–H groups in total. The van der Waals surface area contributed by atoms with E-state index in [0.717, 1.165) is 0 Å². The Morgan fingerprint density at radius 2 is 1.00 bits per heavy atom. The van der Waals surface area contributed by atoms with Crippen molar-refractivity contribution in [2.75, 3.05) is 0 Å². The van der Waals surface area contributed by atoms with Gasteiger partial charge in [0.2, 0.25) is 0 Å². The highest BCUT2D eigenvalue weighted by Crippen LogP contribution is 2.00. The number of allylic oxidation sites excluding steroid dienone is 6. The first-order valence-electron chi connectivity index (χ1n) is 6.90.